The summed E-state index contributed by atoms with van der Waals surface area (Å²) in [4.78, 5) is 12.3. The van der Waals surface area contributed by atoms with Gasteiger partial charge in [-0.3, -0.25) is 9.89 Å². The van der Waals surface area contributed by atoms with Crippen LogP contribution in [0, 0.1) is 0 Å². The van der Waals surface area contributed by atoms with E-state index < -0.39 is 0 Å². The molecule has 0 bridgehead atoms. The maximum absolute atomic E-state index is 12.3. The number of H-pyrrole nitrogens is 1. The number of carbonyl (C=O) groups excluding carboxylic acids is 1. The summed E-state index contributed by atoms with van der Waals surface area (Å²) in [6.07, 6.45) is 0. The molecule has 1 aromatic heterocycles. The molecular weight excluding hydrogens is 318 g/mol. The van der Waals surface area contributed by atoms with Crippen LogP contribution < -0.4 is 5.32 Å². The number of halogens is 1. The second-order valence-corrected chi connectivity index (χ2v) is 6.22. The van der Waals surface area contributed by atoms with Gasteiger partial charge in [-0.15, -0.1) is 0 Å². The van der Waals surface area contributed by atoms with Gasteiger partial charge in [0.2, 0.25) is 0 Å². The molecular formula is C15H18BrN3O. The maximum atomic E-state index is 12.3. The Kier molecular flexibility index (Phi) is 4.28. The van der Waals surface area contributed by atoms with Gasteiger partial charge in [0.15, 0.2) is 5.82 Å². The molecule has 1 amide bonds. The summed E-state index contributed by atoms with van der Waals surface area (Å²) in [5.74, 6) is 0.399. The number of hydrogen-bond donors (Lipinski definition) is 2. The molecule has 0 aliphatic heterocycles. The molecule has 0 aliphatic carbocycles. The van der Waals surface area contributed by atoms with Gasteiger partial charge in [0.05, 0.1) is 0 Å². The van der Waals surface area contributed by atoms with Crippen LogP contribution in [0.5, 0.6) is 0 Å². The van der Waals surface area contributed by atoms with Crippen molar-refractivity contribution < 1.29 is 4.79 Å². The van der Waals surface area contributed by atoms with E-state index in [0.29, 0.717) is 16.7 Å². The van der Waals surface area contributed by atoms with Crippen LogP contribution in [0.1, 0.15) is 42.4 Å². The summed E-state index contributed by atoms with van der Waals surface area (Å²) >= 11 is 3.39. The van der Waals surface area contributed by atoms with Crippen LogP contribution in [0.2, 0.25) is 0 Å². The number of hydrogen-bond acceptors (Lipinski definition) is 2. The first kappa shape index (κ1) is 14.8. The highest BCUT2D eigenvalue weighted by molar-refractivity contribution is 9.08. The van der Waals surface area contributed by atoms with E-state index in [4.69, 9.17) is 0 Å². The lowest BCUT2D eigenvalue weighted by atomic mass is 9.92. The molecule has 20 heavy (non-hydrogen) atoms. The average molecular weight is 336 g/mol. The van der Waals surface area contributed by atoms with Crippen LogP contribution in [0.4, 0.5) is 5.82 Å². The quantitative estimate of drug-likeness (QED) is 0.837. The van der Waals surface area contributed by atoms with Gasteiger partial charge in [-0.2, -0.15) is 5.10 Å². The Labute approximate surface area is 127 Å². The largest absolute Gasteiger partial charge is 0.305 e. The topological polar surface area (TPSA) is 57.8 Å². The number of anilines is 1. The Morgan fingerprint density at radius 2 is 2.05 bits per heavy atom. The van der Waals surface area contributed by atoms with Crippen molar-refractivity contribution >= 4 is 27.7 Å². The zero-order valence-electron chi connectivity index (χ0n) is 11.8. The molecule has 0 fully saturated rings. The minimum absolute atomic E-state index is 0.0241. The fourth-order valence-electron chi connectivity index (χ4n) is 1.81. The Morgan fingerprint density at radius 1 is 1.35 bits per heavy atom. The fourth-order valence-corrected chi connectivity index (χ4v) is 2.30. The van der Waals surface area contributed by atoms with Crippen molar-refractivity contribution in [2.45, 2.75) is 31.5 Å². The highest BCUT2D eigenvalue weighted by atomic mass is 79.9. The highest BCUT2D eigenvalue weighted by Crippen LogP contribution is 2.22. The molecule has 5 heteroatoms. The predicted molar refractivity (Wildman–Crippen MR) is 84.3 cm³/mol. The Morgan fingerprint density at radius 3 is 2.65 bits per heavy atom. The lowest BCUT2D eigenvalue weighted by Gasteiger charge is -2.14. The van der Waals surface area contributed by atoms with Crippen LogP contribution in [0.25, 0.3) is 0 Å². The minimum Gasteiger partial charge on any atom is -0.305 e. The van der Waals surface area contributed by atoms with Gasteiger partial charge < -0.3 is 5.32 Å². The summed E-state index contributed by atoms with van der Waals surface area (Å²) in [6.45, 7) is 6.27. The van der Waals surface area contributed by atoms with E-state index in [2.05, 4.69) is 52.2 Å². The molecule has 0 spiro atoms. The molecule has 2 N–H and O–H groups in total. The SMILES string of the molecule is CC(C)(C)c1cc(NC(=O)c2ccccc2CBr)n[nH]1. The van der Waals surface area contributed by atoms with E-state index in [1.54, 1.807) is 0 Å². The second-order valence-electron chi connectivity index (χ2n) is 5.66. The molecule has 2 rings (SSSR count). The van der Waals surface area contributed by atoms with E-state index >= 15 is 0 Å². The minimum atomic E-state index is -0.146. The lowest BCUT2D eigenvalue weighted by molar-refractivity contribution is 0.102. The molecule has 1 aromatic carbocycles. The van der Waals surface area contributed by atoms with Crippen molar-refractivity contribution in [3.63, 3.8) is 0 Å². The maximum Gasteiger partial charge on any atom is 0.257 e. The second kappa shape index (κ2) is 5.79. The number of carbonyl (C=O) groups is 1. The molecule has 0 saturated carbocycles. The fraction of sp³-hybridized carbons (Fsp3) is 0.333. The molecule has 106 valence electrons. The molecule has 0 atom stereocenters. The smallest absolute Gasteiger partial charge is 0.257 e. The van der Waals surface area contributed by atoms with Crippen molar-refractivity contribution in [3.8, 4) is 0 Å². The van der Waals surface area contributed by atoms with Crippen LogP contribution in [-0.4, -0.2) is 16.1 Å². The van der Waals surface area contributed by atoms with Crippen LogP contribution >= 0.6 is 15.9 Å². The Bertz CT molecular complexity index is 614. The van der Waals surface area contributed by atoms with Crippen molar-refractivity contribution in [2.24, 2.45) is 0 Å². The van der Waals surface area contributed by atoms with Crippen molar-refractivity contribution in [3.05, 3.63) is 47.2 Å². The molecule has 0 saturated heterocycles. The van der Waals surface area contributed by atoms with E-state index in [1.165, 1.54) is 0 Å². The standard InChI is InChI=1S/C15H18BrN3O/c1-15(2,3)12-8-13(19-18-12)17-14(20)11-7-5-4-6-10(11)9-16/h4-8H,9H2,1-3H3,(H2,17,18,19,20). The first-order valence-electron chi connectivity index (χ1n) is 6.43. The Balaban J connectivity index is 2.18. The van der Waals surface area contributed by atoms with Crippen molar-refractivity contribution in [1.29, 1.82) is 0 Å². The number of benzene rings is 1. The number of aromatic nitrogens is 2. The number of rotatable bonds is 3. The summed E-state index contributed by atoms with van der Waals surface area (Å²) in [5, 5.41) is 10.6. The van der Waals surface area contributed by atoms with Gasteiger partial charge >= 0.3 is 0 Å². The third-order valence-corrected chi connectivity index (χ3v) is 3.64. The van der Waals surface area contributed by atoms with E-state index in [1.807, 2.05) is 30.3 Å². The van der Waals surface area contributed by atoms with Crippen LogP contribution in [0.3, 0.4) is 0 Å². The monoisotopic (exact) mass is 335 g/mol. The van der Waals surface area contributed by atoms with E-state index in [-0.39, 0.29) is 11.3 Å². The normalized spacial score (nSPS) is 11.4. The number of nitrogens with zero attached hydrogens (tertiary/aromatic N) is 1. The summed E-state index contributed by atoms with van der Waals surface area (Å²) in [6, 6.07) is 9.37. The first-order valence-corrected chi connectivity index (χ1v) is 7.55. The van der Waals surface area contributed by atoms with E-state index in [9.17, 15) is 4.79 Å². The van der Waals surface area contributed by atoms with Gasteiger partial charge in [-0.1, -0.05) is 54.9 Å². The van der Waals surface area contributed by atoms with Gasteiger partial charge in [-0.25, -0.2) is 0 Å². The number of aromatic amines is 1. The average Bonchev–Trinajstić information content (AvgIpc) is 2.87. The van der Waals surface area contributed by atoms with E-state index in [0.717, 1.165) is 11.3 Å². The zero-order chi connectivity index (χ0) is 14.8. The number of amides is 1. The number of nitrogens with one attached hydrogen (secondary N) is 2. The lowest BCUT2D eigenvalue weighted by Crippen LogP contribution is -2.14. The third-order valence-electron chi connectivity index (χ3n) is 3.03. The van der Waals surface area contributed by atoms with Crippen LogP contribution in [0.15, 0.2) is 30.3 Å². The molecule has 1 heterocycles. The van der Waals surface area contributed by atoms with Crippen molar-refractivity contribution in [1.82, 2.24) is 10.2 Å². The van der Waals surface area contributed by atoms with Gasteiger partial charge in [0.1, 0.15) is 0 Å². The number of alkyl halides is 1. The zero-order valence-corrected chi connectivity index (χ0v) is 13.4. The van der Waals surface area contributed by atoms with Gasteiger partial charge in [0, 0.05) is 28.1 Å². The summed E-state index contributed by atoms with van der Waals surface area (Å²) in [7, 11) is 0. The Hall–Kier alpha value is -1.62. The van der Waals surface area contributed by atoms with Gasteiger partial charge in [0.25, 0.3) is 5.91 Å². The molecule has 2 aromatic rings. The third kappa shape index (κ3) is 3.28. The molecule has 0 unspecified atom stereocenters. The highest BCUT2D eigenvalue weighted by Gasteiger charge is 2.18. The molecule has 4 nitrogen and oxygen atoms in total. The molecule has 0 aliphatic rings. The summed E-state index contributed by atoms with van der Waals surface area (Å²) < 4.78 is 0. The predicted octanol–water partition coefficient (Wildman–Crippen LogP) is 3.85. The summed E-state index contributed by atoms with van der Waals surface area (Å²) in [5.41, 5.74) is 2.58. The van der Waals surface area contributed by atoms with Crippen molar-refractivity contribution in [2.75, 3.05) is 5.32 Å². The van der Waals surface area contributed by atoms with Gasteiger partial charge in [-0.05, 0) is 11.6 Å². The molecule has 0 radical (unpaired) electrons. The van der Waals surface area contributed by atoms with Crippen LogP contribution in [-0.2, 0) is 10.7 Å². The first-order chi connectivity index (χ1) is 9.41.